The van der Waals surface area contributed by atoms with Crippen molar-refractivity contribution in [2.75, 3.05) is 12.4 Å². The maximum Gasteiger partial charge on any atom is 0.240 e. The van der Waals surface area contributed by atoms with E-state index in [1.54, 1.807) is 31.5 Å². The average molecular weight is 451 g/mol. The van der Waals surface area contributed by atoms with Crippen LogP contribution in [-0.4, -0.2) is 35.6 Å². The fraction of sp³-hybridized carbons (Fsp3) is 0.158. The Morgan fingerprint density at radius 2 is 2.00 bits per heavy atom. The van der Waals surface area contributed by atoms with Crippen LogP contribution in [0.2, 0.25) is 10.0 Å². The third kappa shape index (κ3) is 5.96. The summed E-state index contributed by atoms with van der Waals surface area (Å²) >= 11 is 12.9. The summed E-state index contributed by atoms with van der Waals surface area (Å²) in [5.74, 6) is 0.130. The second-order valence-electron chi connectivity index (χ2n) is 5.90. The number of nitrogens with zero attached hydrogens (tertiary/aromatic N) is 2. The number of thioether (sulfide) groups is 1. The number of methoxy groups -OCH3 is 1. The van der Waals surface area contributed by atoms with Gasteiger partial charge in [-0.3, -0.25) is 9.59 Å². The summed E-state index contributed by atoms with van der Waals surface area (Å²) in [5, 5.41) is 13.8. The summed E-state index contributed by atoms with van der Waals surface area (Å²) in [6.45, 7) is 0. The van der Waals surface area contributed by atoms with Crippen LogP contribution < -0.4 is 15.4 Å². The van der Waals surface area contributed by atoms with Gasteiger partial charge in [0.1, 0.15) is 11.0 Å². The molecule has 0 radical (unpaired) electrons. The maximum absolute atomic E-state index is 12.2. The van der Waals surface area contributed by atoms with Crippen LogP contribution in [-0.2, 0) is 9.59 Å². The fourth-order valence-corrected chi connectivity index (χ4v) is 3.60. The van der Waals surface area contributed by atoms with Crippen molar-refractivity contribution < 1.29 is 14.3 Å². The molecule has 3 rings (SSSR count). The van der Waals surface area contributed by atoms with Crippen molar-refractivity contribution in [3.05, 3.63) is 58.1 Å². The quantitative estimate of drug-likeness (QED) is 0.514. The summed E-state index contributed by atoms with van der Waals surface area (Å²) in [4.78, 5) is 24.3. The van der Waals surface area contributed by atoms with Gasteiger partial charge in [0, 0.05) is 12.1 Å². The number of ether oxygens (including phenoxy) is 1. The summed E-state index contributed by atoms with van der Waals surface area (Å²) in [7, 11) is 1.59. The van der Waals surface area contributed by atoms with Crippen LogP contribution in [0.3, 0.4) is 0 Å². The summed E-state index contributed by atoms with van der Waals surface area (Å²) in [5.41, 5.74) is 1.34. The zero-order chi connectivity index (χ0) is 20.8. The van der Waals surface area contributed by atoms with Crippen LogP contribution in [0.15, 0.2) is 52.7 Å². The molecule has 1 aliphatic rings. The molecule has 0 aliphatic carbocycles. The minimum absolute atomic E-state index is 0.0159. The number of hydrogen-bond acceptors (Lipinski definition) is 6. The van der Waals surface area contributed by atoms with Crippen LogP contribution in [0.1, 0.15) is 12.0 Å². The maximum atomic E-state index is 12.2. The van der Waals surface area contributed by atoms with E-state index in [-0.39, 0.29) is 18.2 Å². The molecule has 150 valence electrons. The number of amides is 2. The van der Waals surface area contributed by atoms with Gasteiger partial charge in [-0.1, -0.05) is 35.0 Å². The van der Waals surface area contributed by atoms with Crippen molar-refractivity contribution in [1.82, 2.24) is 5.32 Å². The summed E-state index contributed by atoms with van der Waals surface area (Å²) < 4.78 is 5.09. The number of benzene rings is 2. The molecule has 2 aromatic carbocycles. The number of rotatable bonds is 6. The topological polar surface area (TPSA) is 92.2 Å². The lowest BCUT2D eigenvalue weighted by Gasteiger charge is -2.08. The average Bonchev–Trinajstić information content (AvgIpc) is 3.04. The third-order valence-corrected chi connectivity index (χ3v) is 5.63. The van der Waals surface area contributed by atoms with E-state index in [9.17, 15) is 9.59 Å². The van der Waals surface area contributed by atoms with Crippen LogP contribution >= 0.6 is 35.0 Å². The Morgan fingerprint density at radius 1 is 1.24 bits per heavy atom. The lowest BCUT2D eigenvalue weighted by Crippen LogP contribution is -2.28. The van der Waals surface area contributed by atoms with E-state index >= 15 is 0 Å². The zero-order valence-electron chi connectivity index (χ0n) is 15.2. The molecule has 29 heavy (non-hydrogen) atoms. The van der Waals surface area contributed by atoms with E-state index in [1.807, 2.05) is 24.3 Å². The molecule has 7 nitrogen and oxygen atoms in total. The van der Waals surface area contributed by atoms with E-state index in [0.29, 0.717) is 20.9 Å². The first-order chi connectivity index (χ1) is 13.9. The van der Waals surface area contributed by atoms with Gasteiger partial charge in [0.05, 0.1) is 23.4 Å². The Bertz CT molecular complexity index is 980. The Morgan fingerprint density at radius 3 is 2.69 bits per heavy atom. The molecule has 0 spiro atoms. The molecule has 1 fully saturated rings. The van der Waals surface area contributed by atoms with Crippen LogP contribution in [0.25, 0.3) is 0 Å². The molecule has 1 aliphatic heterocycles. The largest absolute Gasteiger partial charge is 0.497 e. The predicted molar refractivity (Wildman–Crippen MR) is 117 cm³/mol. The molecule has 0 aromatic heterocycles. The van der Waals surface area contributed by atoms with Gasteiger partial charge in [-0.15, -0.1) is 5.10 Å². The first kappa shape index (κ1) is 21.2. The lowest BCUT2D eigenvalue weighted by molar-refractivity contribution is -0.122. The highest BCUT2D eigenvalue weighted by Gasteiger charge is 2.32. The minimum Gasteiger partial charge on any atom is -0.497 e. The van der Waals surface area contributed by atoms with Crippen LogP contribution in [0.4, 0.5) is 5.69 Å². The highest BCUT2D eigenvalue weighted by Crippen LogP contribution is 2.26. The Balaban J connectivity index is 1.54. The van der Waals surface area contributed by atoms with Gasteiger partial charge in [-0.2, -0.15) is 5.10 Å². The molecular weight excluding hydrogens is 435 g/mol. The number of carbonyl (C=O) groups is 2. The molecule has 2 N–H and O–H groups in total. The number of halogens is 2. The SMILES string of the molecule is COc1ccc(C=N/N=C2\NC(=O)C(CC(=O)Nc3ccc(Cl)c(Cl)c3)S2)cc1. The van der Waals surface area contributed by atoms with Gasteiger partial charge in [-0.05, 0) is 48.0 Å². The number of hydrogen-bond donors (Lipinski definition) is 2. The van der Waals surface area contributed by atoms with Crippen molar-refractivity contribution in [2.45, 2.75) is 11.7 Å². The standard InChI is InChI=1S/C19H16Cl2N4O3S/c1-28-13-5-2-11(3-6-13)10-22-25-19-24-18(27)16(29-19)9-17(26)23-12-4-7-14(20)15(21)8-12/h2-8,10,16H,9H2,1H3,(H,23,26)(H,24,25,27). The highest BCUT2D eigenvalue weighted by molar-refractivity contribution is 8.15. The van der Waals surface area contributed by atoms with Crippen LogP contribution in [0, 0.1) is 0 Å². The molecule has 1 heterocycles. The normalized spacial score (nSPS) is 17.6. The first-order valence-electron chi connectivity index (χ1n) is 8.42. The zero-order valence-corrected chi connectivity index (χ0v) is 17.5. The number of amidine groups is 1. The molecule has 10 heteroatoms. The highest BCUT2D eigenvalue weighted by atomic mass is 35.5. The Kier molecular flexibility index (Phi) is 7.13. The second-order valence-corrected chi connectivity index (χ2v) is 7.91. The second kappa shape index (κ2) is 9.78. The van der Waals surface area contributed by atoms with Crippen molar-refractivity contribution in [3.63, 3.8) is 0 Å². The van der Waals surface area contributed by atoms with Crippen molar-refractivity contribution >= 4 is 63.8 Å². The molecule has 1 atom stereocenters. The number of carbonyl (C=O) groups excluding carboxylic acids is 2. The van der Waals surface area contributed by atoms with Gasteiger partial charge in [0.25, 0.3) is 0 Å². The lowest BCUT2D eigenvalue weighted by atomic mass is 10.2. The van der Waals surface area contributed by atoms with Gasteiger partial charge in [0.15, 0.2) is 5.17 Å². The predicted octanol–water partition coefficient (Wildman–Crippen LogP) is 3.95. The monoisotopic (exact) mass is 450 g/mol. The van der Waals surface area contributed by atoms with Gasteiger partial charge >= 0.3 is 0 Å². The fourth-order valence-electron chi connectivity index (χ4n) is 2.38. The van der Waals surface area contributed by atoms with Gasteiger partial charge < -0.3 is 15.4 Å². The van der Waals surface area contributed by atoms with E-state index < -0.39 is 5.25 Å². The Labute approximate surface area is 181 Å². The molecule has 1 unspecified atom stereocenters. The molecule has 2 amide bonds. The smallest absolute Gasteiger partial charge is 0.240 e. The number of nitrogens with one attached hydrogen (secondary N) is 2. The van der Waals surface area contributed by atoms with Gasteiger partial charge in [0.2, 0.25) is 11.8 Å². The summed E-state index contributed by atoms with van der Waals surface area (Å²) in [6, 6.07) is 12.0. The van der Waals surface area contributed by atoms with E-state index in [4.69, 9.17) is 27.9 Å². The molecule has 0 bridgehead atoms. The van der Waals surface area contributed by atoms with E-state index in [0.717, 1.165) is 23.1 Å². The van der Waals surface area contributed by atoms with Crippen LogP contribution in [0.5, 0.6) is 5.75 Å². The molecule has 1 saturated heterocycles. The van der Waals surface area contributed by atoms with E-state index in [2.05, 4.69) is 20.8 Å². The summed E-state index contributed by atoms with van der Waals surface area (Å²) in [6.07, 6.45) is 1.54. The number of anilines is 1. The minimum atomic E-state index is -0.590. The molecule has 2 aromatic rings. The molecular formula is C19H16Cl2N4O3S. The van der Waals surface area contributed by atoms with Crippen molar-refractivity contribution in [2.24, 2.45) is 10.2 Å². The van der Waals surface area contributed by atoms with Crippen molar-refractivity contribution in [3.8, 4) is 5.75 Å². The first-order valence-corrected chi connectivity index (χ1v) is 10.1. The van der Waals surface area contributed by atoms with E-state index in [1.165, 1.54) is 0 Å². The van der Waals surface area contributed by atoms with Crippen molar-refractivity contribution in [1.29, 1.82) is 0 Å². The van der Waals surface area contributed by atoms with Gasteiger partial charge in [-0.25, -0.2) is 0 Å². The third-order valence-electron chi connectivity index (χ3n) is 3.82. The Hall–Kier alpha value is -2.55. The molecule has 0 saturated carbocycles.